The van der Waals surface area contributed by atoms with Gasteiger partial charge in [-0.05, 0) is 37.7 Å². The van der Waals surface area contributed by atoms with Crippen LogP contribution < -0.4 is 5.32 Å². The van der Waals surface area contributed by atoms with Gasteiger partial charge in [0.2, 0.25) is 0 Å². The minimum atomic E-state index is 0.329. The largest absolute Gasteiger partial charge is 0.308 e. The van der Waals surface area contributed by atoms with Gasteiger partial charge in [0.05, 0.1) is 6.54 Å². The lowest BCUT2D eigenvalue weighted by molar-refractivity contribution is 0.0583. The molecule has 1 aliphatic carbocycles. The van der Waals surface area contributed by atoms with Crippen LogP contribution in [0.3, 0.4) is 0 Å². The Labute approximate surface area is 122 Å². The zero-order valence-electron chi connectivity index (χ0n) is 12.9. The second-order valence-corrected chi connectivity index (χ2v) is 6.51. The molecule has 0 aromatic carbocycles. The van der Waals surface area contributed by atoms with Crippen molar-refractivity contribution in [3.8, 4) is 0 Å². The third-order valence-corrected chi connectivity index (χ3v) is 5.36. The first-order valence-electron chi connectivity index (χ1n) is 8.23. The summed E-state index contributed by atoms with van der Waals surface area (Å²) in [5.41, 5.74) is 0.329. The van der Waals surface area contributed by atoms with Crippen LogP contribution in [0.15, 0.2) is 18.5 Å². The van der Waals surface area contributed by atoms with Crippen molar-refractivity contribution in [2.75, 3.05) is 19.6 Å². The minimum Gasteiger partial charge on any atom is -0.308 e. The molecule has 3 rings (SSSR count). The first kappa shape index (κ1) is 14.1. The van der Waals surface area contributed by atoms with Crippen molar-refractivity contribution in [3.63, 3.8) is 0 Å². The summed E-state index contributed by atoms with van der Waals surface area (Å²) in [6.07, 6.45) is 9.24. The molecule has 1 saturated heterocycles. The Morgan fingerprint density at radius 2 is 2.05 bits per heavy atom. The van der Waals surface area contributed by atoms with Crippen LogP contribution in [0, 0.1) is 5.92 Å². The van der Waals surface area contributed by atoms with Crippen LogP contribution in [0.1, 0.15) is 39.5 Å². The molecule has 1 atom stereocenters. The van der Waals surface area contributed by atoms with Gasteiger partial charge in [-0.25, -0.2) is 0 Å². The molecular weight excluding hydrogens is 248 g/mol. The van der Waals surface area contributed by atoms with Gasteiger partial charge in [-0.3, -0.25) is 9.58 Å². The van der Waals surface area contributed by atoms with Crippen molar-refractivity contribution in [2.45, 2.75) is 57.7 Å². The van der Waals surface area contributed by atoms with E-state index in [2.05, 4.69) is 40.0 Å². The van der Waals surface area contributed by atoms with Gasteiger partial charge in [-0.2, -0.15) is 5.10 Å². The monoisotopic (exact) mass is 276 g/mol. The van der Waals surface area contributed by atoms with Gasteiger partial charge in [0.15, 0.2) is 0 Å². The smallest absolute Gasteiger partial charge is 0.0536 e. The third kappa shape index (κ3) is 2.91. The predicted molar refractivity (Wildman–Crippen MR) is 81.6 cm³/mol. The summed E-state index contributed by atoms with van der Waals surface area (Å²) in [6, 6.07) is 2.76. The maximum absolute atomic E-state index is 4.34. The van der Waals surface area contributed by atoms with E-state index in [1.54, 1.807) is 0 Å². The van der Waals surface area contributed by atoms with E-state index in [-0.39, 0.29) is 0 Å². The van der Waals surface area contributed by atoms with Crippen LogP contribution >= 0.6 is 0 Å². The Hall–Kier alpha value is -0.870. The Bertz CT molecular complexity index is 406. The van der Waals surface area contributed by atoms with Crippen LogP contribution in [0.4, 0.5) is 0 Å². The van der Waals surface area contributed by atoms with Crippen LogP contribution in [0.25, 0.3) is 0 Å². The molecule has 4 heteroatoms. The lowest BCUT2D eigenvalue weighted by Crippen LogP contribution is -2.64. The molecule has 20 heavy (non-hydrogen) atoms. The molecule has 2 heterocycles. The topological polar surface area (TPSA) is 33.1 Å². The number of nitrogens with zero attached hydrogens (tertiary/aromatic N) is 3. The fourth-order valence-corrected chi connectivity index (χ4v) is 3.59. The fraction of sp³-hybridized carbons (Fsp3) is 0.812. The summed E-state index contributed by atoms with van der Waals surface area (Å²) >= 11 is 0. The van der Waals surface area contributed by atoms with Crippen molar-refractivity contribution in [3.05, 3.63) is 18.5 Å². The van der Waals surface area contributed by atoms with E-state index < -0.39 is 0 Å². The maximum atomic E-state index is 4.34. The predicted octanol–water partition coefficient (Wildman–Crippen LogP) is 2.13. The van der Waals surface area contributed by atoms with Crippen molar-refractivity contribution in [1.29, 1.82) is 0 Å². The molecule has 0 amide bonds. The van der Waals surface area contributed by atoms with E-state index in [1.165, 1.54) is 38.8 Å². The highest BCUT2D eigenvalue weighted by Crippen LogP contribution is 2.38. The molecule has 0 radical (unpaired) electrons. The summed E-state index contributed by atoms with van der Waals surface area (Å²) in [5, 5.41) is 8.20. The number of nitrogens with one attached hydrogen (secondary N) is 1. The zero-order chi connectivity index (χ0) is 14.0. The lowest BCUT2D eigenvalue weighted by Gasteiger charge is -2.48. The molecule has 4 nitrogen and oxygen atoms in total. The van der Waals surface area contributed by atoms with Gasteiger partial charge in [-0.1, -0.05) is 13.8 Å². The second kappa shape index (κ2) is 5.86. The molecule has 2 aliphatic rings. The Kier molecular flexibility index (Phi) is 4.13. The first-order chi connectivity index (χ1) is 9.76. The van der Waals surface area contributed by atoms with Crippen molar-refractivity contribution < 1.29 is 0 Å². The van der Waals surface area contributed by atoms with Crippen molar-refractivity contribution in [2.24, 2.45) is 5.92 Å². The van der Waals surface area contributed by atoms with Gasteiger partial charge in [-0.15, -0.1) is 0 Å². The van der Waals surface area contributed by atoms with Gasteiger partial charge < -0.3 is 5.32 Å². The number of piperazine rings is 1. The molecule has 1 saturated carbocycles. The van der Waals surface area contributed by atoms with Crippen LogP contribution in [0.5, 0.6) is 0 Å². The minimum absolute atomic E-state index is 0.329. The maximum Gasteiger partial charge on any atom is 0.0536 e. The highest BCUT2D eigenvalue weighted by Gasteiger charge is 2.42. The molecule has 0 bridgehead atoms. The van der Waals surface area contributed by atoms with Gasteiger partial charge >= 0.3 is 0 Å². The van der Waals surface area contributed by atoms with E-state index in [1.807, 2.05) is 12.3 Å². The molecule has 1 aromatic rings. The number of aromatic nitrogens is 2. The summed E-state index contributed by atoms with van der Waals surface area (Å²) in [4.78, 5) is 2.74. The average molecular weight is 276 g/mol. The Morgan fingerprint density at radius 1 is 1.25 bits per heavy atom. The quantitative estimate of drug-likeness (QED) is 0.864. The van der Waals surface area contributed by atoms with E-state index in [4.69, 9.17) is 0 Å². The van der Waals surface area contributed by atoms with E-state index >= 15 is 0 Å². The number of hydrogen-bond acceptors (Lipinski definition) is 3. The summed E-state index contributed by atoms with van der Waals surface area (Å²) in [6.45, 7) is 9.15. The molecule has 1 unspecified atom stereocenters. The summed E-state index contributed by atoms with van der Waals surface area (Å²) in [7, 11) is 0. The zero-order valence-corrected chi connectivity index (χ0v) is 12.9. The molecule has 2 fully saturated rings. The summed E-state index contributed by atoms with van der Waals surface area (Å²) < 4.78 is 2.06. The number of hydrogen-bond donors (Lipinski definition) is 1. The van der Waals surface area contributed by atoms with Crippen molar-refractivity contribution in [1.82, 2.24) is 20.0 Å². The first-order valence-corrected chi connectivity index (χ1v) is 8.23. The normalized spacial score (nSPS) is 26.8. The van der Waals surface area contributed by atoms with Gasteiger partial charge in [0, 0.05) is 43.6 Å². The van der Waals surface area contributed by atoms with Gasteiger partial charge in [0.25, 0.3) is 0 Å². The standard InChI is InChI=1S/C16H28N4/c1-3-16(4-2)13-19(10-11-20-9-5-8-18-20)15(12-17-16)14-6-7-14/h5,8-9,14-15,17H,3-4,6-7,10-13H2,1-2H3. The lowest BCUT2D eigenvalue weighted by atomic mass is 9.87. The van der Waals surface area contributed by atoms with Crippen molar-refractivity contribution >= 4 is 0 Å². The molecule has 1 N–H and O–H groups in total. The SMILES string of the molecule is CCC1(CC)CN(CCn2cccn2)C(C2CC2)CN1. The highest BCUT2D eigenvalue weighted by atomic mass is 15.3. The average Bonchev–Trinajstić information content (AvgIpc) is 3.20. The van der Waals surface area contributed by atoms with E-state index in [9.17, 15) is 0 Å². The Morgan fingerprint density at radius 3 is 2.65 bits per heavy atom. The number of rotatable bonds is 6. The van der Waals surface area contributed by atoms with Gasteiger partial charge in [0.1, 0.15) is 0 Å². The van der Waals surface area contributed by atoms with E-state index in [0.29, 0.717) is 5.54 Å². The summed E-state index contributed by atoms with van der Waals surface area (Å²) in [5.74, 6) is 0.937. The highest BCUT2D eigenvalue weighted by molar-refractivity contribution is 5.01. The van der Waals surface area contributed by atoms with Crippen LogP contribution in [0.2, 0.25) is 0 Å². The molecular formula is C16H28N4. The van der Waals surface area contributed by atoms with Crippen LogP contribution in [-0.2, 0) is 6.54 Å². The van der Waals surface area contributed by atoms with Crippen LogP contribution in [-0.4, -0.2) is 45.9 Å². The fourth-order valence-electron chi connectivity index (χ4n) is 3.59. The molecule has 112 valence electrons. The third-order valence-electron chi connectivity index (χ3n) is 5.36. The molecule has 1 aromatic heterocycles. The van der Waals surface area contributed by atoms with E-state index in [0.717, 1.165) is 25.0 Å². The second-order valence-electron chi connectivity index (χ2n) is 6.51. The Balaban J connectivity index is 1.65. The molecule has 0 spiro atoms. The molecule has 1 aliphatic heterocycles.